The molecule has 1 aromatic carbocycles. The largest absolute Gasteiger partial charge is 0.376 e. The highest BCUT2D eigenvalue weighted by Gasteiger charge is 2.20. The molecule has 0 spiro atoms. The average molecular weight is 381 g/mol. The summed E-state index contributed by atoms with van der Waals surface area (Å²) in [6.45, 7) is 3.04. The number of carbonyl (C=O) groups excluding carboxylic acids is 1. The van der Waals surface area contributed by atoms with E-state index in [0.29, 0.717) is 29.4 Å². The van der Waals surface area contributed by atoms with Crippen molar-refractivity contribution in [2.75, 3.05) is 13.2 Å². The Kier molecular flexibility index (Phi) is 4.95. The number of aromatic nitrogens is 4. The number of fused-ring (bicyclic) bond motifs is 1. The van der Waals surface area contributed by atoms with Crippen LogP contribution in [-0.4, -0.2) is 44.3 Å². The van der Waals surface area contributed by atoms with E-state index < -0.39 is 0 Å². The second kappa shape index (κ2) is 7.55. The number of carbonyl (C=O) groups is 1. The van der Waals surface area contributed by atoms with Crippen LogP contribution in [0.1, 0.15) is 24.1 Å². The number of nitrogens with zero attached hydrogens (tertiary/aromatic N) is 4. The molecule has 0 aliphatic carbocycles. The second-order valence-electron chi connectivity index (χ2n) is 7.06. The van der Waals surface area contributed by atoms with Gasteiger partial charge < -0.3 is 14.6 Å². The summed E-state index contributed by atoms with van der Waals surface area (Å²) in [4.78, 5) is 29.9. The van der Waals surface area contributed by atoms with Gasteiger partial charge in [0.05, 0.1) is 12.5 Å². The Labute approximate surface area is 162 Å². The third-order valence-corrected chi connectivity index (χ3v) is 5.20. The van der Waals surface area contributed by atoms with Crippen LogP contribution >= 0.6 is 0 Å². The van der Waals surface area contributed by atoms with E-state index >= 15 is 0 Å². The smallest absolute Gasteiger partial charge is 0.279 e. The Morgan fingerprint density at radius 1 is 1.32 bits per heavy atom. The number of aryl methyl sites for hydroxylation is 1. The molecule has 3 heterocycles. The van der Waals surface area contributed by atoms with Crippen molar-refractivity contribution in [2.24, 2.45) is 7.05 Å². The van der Waals surface area contributed by atoms with Crippen LogP contribution in [0, 0.1) is 6.92 Å². The lowest BCUT2D eigenvalue weighted by Crippen LogP contribution is -2.35. The fourth-order valence-electron chi connectivity index (χ4n) is 3.46. The van der Waals surface area contributed by atoms with Gasteiger partial charge in [-0.3, -0.25) is 9.59 Å². The Morgan fingerprint density at radius 3 is 2.82 bits per heavy atom. The van der Waals surface area contributed by atoms with Crippen LogP contribution in [0.15, 0.2) is 35.1 Å². The lowest BCUT2D eigenvalue weighted by atomic mass is 10.1. The Hall–Kier alpha value is -3.00. The summed E-state index contributed by atoms with van der Waals surface area (Å²) in [5.41, 5.74) is 1.65. The van der Waals surface area contributed by atoms with Gasteiger partial charge in [0.1, 0.15) is 0 Å². The molecule has 0 saturated carbocycles. The molecule has 1 amide bonds. The van der Waals surface area contributed by atoms with Gasteiger partial charge in [-0.1, -0.05) is 30.3 Å². The van der Waals surface area contributed by atoms with Crippen molar-refractivity contribution in [2.45, 2.75) is 32.3 Å². The van der Waals surface area contributed by atoms with Crippen LogP contribution < -0.4 is 10.9 Å². The number of ether oxygens (including phenoxy) is 1. The minimum Gasteiger partial charge on any atom is -0.376 e. The number of hydrogen-bond acceptors (Lipinski definition) is 5. The fourth-order valence-corrected chi connectivity index (χ4v) is 3.46. The first-order valence-electron chi connectivity index (χ1n) is 9.43. The van der Waals surface area contributed by atoms with E-state index in [1.165, 1.54) is 4.52 Å². The quantitative estimate of drug-likeness (QED) is 0.718. The molecule has 0 bridgehead atoms. The van der Waals surface area contributed by atoms with Gasteiger partial charge in [-0.05, 0) is 19.8 Å². The third kappa shape index (κ3) is 3.43. The summed E-state index contributed by atoms with van der Waals surface area (Å²) in [5, 5.41) is 7.25. The van der Waals surface area contributed by atoms with Crippen molar-refractivity contribution in [1.29, 1.82) is 0 Å². The summed E-state index contributed by atoms with van der Waals surface area (Å²) >= 11 is 0. The summed E-state index contributed by atoms with van der Waals surface area (Å²) in [7, 11) is 1.82. The summed E-state index contributed by atoms with van der Waals surface area (Å²) in [5.74, 6) is 0.732. The predicted octanol–water partition coefficient (Wildman–Crippen LogP) is 1.24. The molecule has 146 valence electrons. The predicted molar refractivity (Wildman–Crippen MR) is 104 cm³/mol. The first-order chi connectivity index (χ1) is 13.5. The van der Waals surface area contributed by atoms with Gasteiger partial charge in [-0.15, -0.1) is 5.10 Å². The van der Waals surface area contributed by atoms with Gasteiger partial charge in [0, 0.05) is 37.0 Å². The molecule has 28 heavy (non-hydrogen) atoms. The van der Waals surface area contributed by atoms with Gasteiger partial charge in [0.15, 0.2) is 5.82 Å². The topological polar surface area (TPSA) is 90.5 Å². The van der Waals surface area contributed by atoms with Crippen molar-refractivity contribution in [1.82, 2.24) is 24.5 Å². The van der Waals surface area contributed by atoms with E-state index in [9.17, 15) is 9.59 Å². The number of benzene rings is 1. The maximum atomic E-state index is 13.0. The summed E-state index contributed by atoms with van der Waals surface area (Å²) in [6.07, 6.45) is 2.04. The van der Waals surface area contributed by atoms with E-state index in [4.69, 9.17) is 4.74 Å². The highest BCUT2D eigenvalue weighted by Crippen LogP contribution is 2.16. The number of rotatable bonds is 5. The molecule has 3 aromatic rings. The Morgan fingerprint density at radius 2 is 2.11 bits per heavy atom. The van der Waals surface area contributed by atoms with Crippen LogP contribution in [-0.2, 0) is 23.0 Å². The lowest BCUT2D eigenvalue weighted by molar-refractivity contribution is -0.121. The standard InChI is InChI=1S/C20H23N5O3/c1-13-16(11-17(26)21-12-15-9-6-10-28-15)19(27)25-20(24(13)2)22-18(23-25)14-7-4-3-5-8-14/h3-5,7-8,15H,6,9-12H2,1-2H3,(H,21,26)/t15-/m1/s1. The monoisotopic (exact) mass is 381 g/mol. The van der Waals surface area contributed by atoms with Crippen LogP contribution in [0.4, 0.5) is 0 Å². The summed E-state index contributed by atoms with van der Waals surface area (Å²) in [6, 6.07) is 9.50. The molecule has 1 N–H and O–H groups in total. The van der Waals surface area contributed by atoms with Crippen LogP contribution in [0.2, 0.25) is 0 Å². The van der Waals surface area contributed by atoms with Crippen molar-refractivity contribution in [3.8, 4) is 11.4 Å². The molecular formula is C20H23N5O3. The minimum atomic E-state index is -0.312. The number of amides is 1. The number of nitrogens with one attached hydrogen (secondary N) is 1. The highest BCUT2D eigenvalue weighted by molar-refractivity contribution is 5.78. The van der Waals surface area contributed by atoms with E-state index in [-0.39, 0.29) is 24.0 Å². The van der Waals surface area contributed by atoms with Crippen molar-refractivity contribution in [3.05, 3.63) is 51.9 Å². The van der Waals surface area contributed by atoms with Crippen molar-refractivity contribution >= 4 is 11.7 Å². The maximum absolute atomic E-state index is 13.0. The van der Waals surface area contributed by atoms with Crippen molar-refractivity contribution < 1.29 is 9.53 Å². The maximum Gasteiger partial charge on any atom is 0.279 e. The first kappa shape index (κ1) is 18.4. The van der Waals surface area contributed by atoms with Gasteiger partial charge >= 0.3 is 0 Å². The van der Waals surface area contributed by atoms with E-state index in [1.807, 2.05) is 44.3 Å². The molecule has 8 heteroatoms. The van der Waals surface area contributed by atoms with Gasteiger partial charge in [-0.2, -0.15) is 9.50 Å². The molecular weight excluding hydrogens is 358 g/mol. The molecule has 2 aromatic heterocycles. The molecule has 1 aliphatic heterocycles. The second-order valence-corrected chi connectivity index (χ2v) is 7.06. The molecule has 0 unspecified atom stereocenters. The van der Waals surface area contributed by atoms with E-state index in [2.05, 4.69) is 15.4 Å². The number of hydrogen-bond donors (Lipinski definition) is 1. The zero-order valence-electron chi connectivity index (χ0n) is 16.0. The van der Waals surface area contributed by atoms with Gasteiger partial charge in [0.2, 0.25) is 11.7 Å². The molecule has 0 radical (unpaired) electrons. The normalized spacial score (nSPS) is 16.6. The molecule has 1 saturated heterocycles. The van der Waals surface area contributed by atoms with E-state index in [0.717, 1.165) is 25.0 Å². The molecule has 8 nitrogen and oxygen atoms in total. The minimum absolute atomic E-state index is 0.00168. The highest BCUT2D eigenvalue weighted by atomic mass is 16.5. The Bertz CT molecular complexity index is 1060. The van der Waals surface area contributed by atoms with Gasteiger partial charge in [0.25, 0.3) is 5.56 Å². The van der Waals surface area contributed by atoms with E-state index in [1.54, 1.807) is 4.57 Å². The van der Waals surface area contributed by atoms with Crippen LogP contribution in [0.3, 0.4) is 0 Å². The fraction of sp³-hybridized carbons (Fsp3) is 0.400. The van der Waals surface area contributed by atoms with Crippen LogP contribution in [0.25, 0.3) is 17.2 Å². The molecule has 4 rings (SSSR count). The molecule has 1 atom stereocenters. The summed E-state index contributed by atoms with van der Waals surface area (Å²) < 4.78 is 8.59. The zero-order chi connectivity index (χ0) is 19.7. The van der Waals surface area contributed by atoms with Crippen LogP contribution in [0.5, 0.6) is 0 Å². The average Bonchev–Trinajstić information content (AvgIpc) is 3.39. The van der Waals surface area contributed by atoms with Gasteiger partial charge in [-0.25, -0.2) is 0 Å². The zero-order valence-corrected chi connectivity index (χ0v) is 16.0. The molecule has 1 fully saturated rings. The third-order valence-electron chi connectivity index (χ3n) is 5.20. The first-order valence-corrected chi connectivity index (χ1v) is 9.43. The molecule has 1 aliphatic rings. The van der Waals surface area contributed by atoms with Crippen molar-refractivity contribution in [3.63, 3.8) is 0 Å². The Balaban J connectivity index is 1.63. The lowest BCUT2D eigenvalue weighted by Gasteiger charge is -2.13. The SMILES string of the molecule is Cc1c(CC(=O)NC[C@H]2CCCO2)c(=O)n2nc(-c3ccccc3)nc2n1C.